The number of nitrogens with one attached hydrogen (secondary N) is 1. The maximum Gasteiger partial charge on any atom is 0.340 e. The number of rotatable bonds is 6. The van der Waals surface area contributed by atoms with Crippen molar-refractivity contribution in [2.75, 3.05) is 0 Å². The lowest BCUT2D eigenvalue weighted by atomic mass is 9.92. The SMILES string of the molecule is CCC(C)C(NC(=O)Cc1c(C)c2cc3c(cc2oc1=O)OC(C)(C)CC3)C(=O)O. The Kier molecular flexibility index (Phi) is 5.92. The van der Waals surface area contributed by atoms with Crippen LogP contribution in [0, 0.1) is 12.8 Å². The van der Waals surface area contributed by atoms with Gasteiger partial charge >= 0.3 is 11.6 Å². The number of carboxylic acid groups (broad SMARTS) is 1. The first-order valence-electron chi connectivity index (χ1n) is 10.3. The van der Waals surface area contributed by atoms with Gasteiger partial charge in [0.1, 0.15) is 23.0 Å². The highest BCUT2D eigenvalue weighted by atomic mass is 16.5. The third-order valence-corrected chi connectivity index (χ3v) is 5.98. The first-order valence-corrected chi connectivity index (χ1v) is 10.3. The van der Waals surface area contributed by atoms with Crippen molar-refractivity contribution in [2.45, 2.75) is 71.9 Å². The van der Waals surface area contributed by atoms with Crippen LogP contribution in [0.15, 0.2) is 21.3 Å². The molecule has 1 amide bonds. The van der Waals surface area contributed by atoms with E-state index in [-0.39, 0.29) is 23.5 Å². The summed E-state index contributed by atoms with van der Waals surface area (Å²) in [5.41, 5.74) is 1.49. The summed E-state index contributed by atoms with van der Waals surface area (Å²) < 4.78 is 11.5. The number of carbonyl (C=O) groups excluding carboxylic acids is 1. The molecule has 0 bridgehead atoms. The number of carbonyl (C=O) groups is 2. The van der Waals surface area contributed by atoms with Gasteiger partial charge in [-0.3, -0.25) is 4.79 Å². The molecule has 0 saturated heterocycles. The minimum absolute atomic E-state index is 0.226. The number of hydrogen-bond donors (Lipinski definition) is 2. The molecule has 2 unspecified atom stereocenters. The molecule has 30 heavy (non-hydrogen) atoms. The van der Waals surface area contributed by atoms with E-state index in [1.54, 1.807) is 19.9 Å². The zero-order valence-electron chi connectivity index (χ0n) is 18.1. The standard InChI is InChI=1S/C23H29NO6/c1-6-12(2)20(21(26)27)24-19(25)10-16-13(3)15-9-14-7-8-23(4,5)30-17(14)11-18(15)29-22(16)28/h9,11-12,20H,6-8,10H2,1-5H3,(H,24,25)(H,26,27). The molecule has 2 heterocycles. The van der Waals surface area contributed by atoms with Crippen molar-refractivity contribution in [1.29, 1.82) is 0 Å². The van der Waals surface area contributed by atoms with Crippen molar-refractivity contribution < 1.29 is 23.8 Å². The molecular weight excluding hydrogens is 386 g/mol. The molecule has 1 aliphatic rings. The normalized spacial score (nSPS) is 17.0. The van der Waals surface area contributed by atoms with Crippen LogP contribution in [0.1, 0.15) is 57.2 Å². The highest BCUT2D eigenvalue weighted by Crippen LogP contribution is 2.36. The van der Waals surface area contributed by atoms with Gasteiger partial charge in [-0.05, 0) is 56.7 Å². The van der Waals surface area contributed by atoms with Crippen LogP contribution in [0.5, 0.6) is 5.75 Å². The maximum atomic E-state index is 12.6. The second-order valence-electron chi connectivity index (χ2n) is 8.76. The highest BCUT2D eigenvalue weighted by molar-refractivity contribution is 5.88. The van der Waals surface area contributed by atoms with Crippen LogP contribution in [-0.4, -0.2) is 28.6 Å². The molecule has 7 nitrogen and oxygen atoms in total. The van der Waals surface area contributed by atoms with E-state index in [1.165, 1.54) is 0 Å². The third-order valence-electron chi connectivity index (χ3n) is 5.98. The fourth-order valence-corrected chi connectivity index (χ4v) is 3.81. The molecule has 7 heteroatoms. The first-order chi connectivity index (χ1) is 14.0. The van der Waals surface area contributed by atoms with Crippen molar-refractivity contribution >= 4 is 22.8 Å². The second-order valence-corrected chi connectivity index (χ2v) is 8.76. The molecule has 0 spiro atoms. The lowest BCUT2D eigenvalue weighted by Gasteiger charge is -2.32. The number of amides is 1. The van der Waals surface area contributed by atoms with Gasteiger partial charge in [-0.15, -0.1) is 0 Å². The van der Waals surface area contributed by atoms with Crippen molar-refractivity contribution in [3.05, 3.63) is 39.2 Å². The molecule has 2 atom stereocenters. The van der Waals surface area contributed by atoms with Gasteiger partial charge in [-0.1, -0.05) is 20.3 Å². The predicted molar refractivity (Wildman–Crippen MR) is 113 cm³/mol. The van der Waals surface area contributed by atoms with Crippen LogP contribution in [0.2, 0.25) is 0 Å². The summed E-state index contributed by atoms with van der Waals surface area (Å²) >= 11 is 0. The van der Waals surface area contributed by atoms with Crippen LogP contribution >= 0.6 is 0 Å². The predicted octanol–water partition coefficient (Wildman–Crippen LogP) is 3.36. The number of aliphatic carboxylic acids is 1. The minimum atomic E-state index is -1.09. The van der Waals surface area contributed by atoms with Gasteiger partial charge in [0.05, 0.1) is 12.0 Å². The summed E-state index contributed by atoms with van der Waals surface area (Å²) in [5, 5.41) is 12.7. The maximum absolute atomic E-state index is 12.6. The summed E-state index contributed by atoms with van der Waals surface area (Å²) in [5.74, 6) is -1.11. The Morgan fingerprint density at radius 3 is 2.63 bits per heavy atom. The fraction of sp³-hybridized carbons (Fsp3) is 0.522. The summed E-state index contributed by atoms with van der Waals surface area (Å²) in [6.07, 6.45) is 2.11. The van der Waals surface area contributed by atoms with Crippen molar-refractivity contribution in [3.63, 3.8) is 0 Å². The first kappa shape index (κ1) is 21.9. The van der Waals surface area contributed by atoms with Gasteiger partial charge in [0.25, 0.3) is 0 Å². The van der Waals surface area contributed by atoms with Gasteiger partial charge in [0, 0.05) is 11.5 Å². The molecular formula is C23H29NO6. The molecule has 0 saturated carbocycles. The number of hydrogen-bond acceptors (Lipinski definition) is 5. The van der Waals surface area contributed by atoms with Gasteiger partial charge in [-0.2, -0.15) is 0 Å². The Morgan fingerprint density at radius 1 is 1.30 bits per heavy atom. The fourth-order valence-electron chi connectivity index (χ4n) is 3.81. The quantitative estimate of drug-likeness (QED) is 0.701. The van der Waals surface area contributed by atoms with Crippen LogP contribution < -0.4 is 15.7 Å². The monoisotopic (exact) mass is 415 g/mol. The van der Waals surface area contributed by atoms with E-state index in [0.29, 0.717) is 23.3 Å². The van der Waals surface area contributed by atoms with E-state index >= 15 is 0 Å². The van der Waals surface area contributed by atoms with Gasteiger partial charge in [-0.25, -0.2) is 9.59 Å². The van der Waals surface area contributed by atoms with E-state index in [0.717, 1.165) is 23.8 Å². The van der Waals surface area contributed by atoms with Crippen molar-refractivity contribution in [1.82, 2.24) is 5.32 Å². The summed E-state index contributed by atoms with van der Waals surface area (Å²) in [4.78, 5) is 36.6. The van der Waals surface area contributed by atoms with E-state index in [4.69, 9.17) is 9.15 Å². The molecule has 1 aliphatic heterocycles. The lowest BCUT2D eigenvalue weighted by Crippen LogP contribution is -2.45. The highest BCUT2D eigenvalue weighted by Gasteiger charge is 2.29. The van der Waals surface area contributed by atoms with Crippen LogP contribution in [0.3, 0.4) is 0 Å². The zero-order chi connectivity index (χ0) is 22.2. The number of aryl methyl sites for hydroxylation is 2. The molecule has 1 aromatic carbocycles. The molecule has 3 rings (SSSR count). The Hall–Kier alpha value is -2.83. The molecule has 2 aromatic rings. The third kappa shape index (κ3) is 4.35. The van der Waals surface area contributed by atoms with Gasteiger partial charge < -0.3 is 19.6 Å². The number of fused-ring (bicyclic) bond motifs is 2. The number of benzene rings is 1. The average molecular weight is 415 g/mol. The van der Waals surface area contributed by atoms with Gasteiger partial charge in [0.15, 0.2) is 0 Å². The van der Waals surface area contributed by atoms with E-state index in [1.807, 2.05) is 26.8 Å². The summed E-state index contributed by atoms with van der Waals surface area (Å²) in [6, 6.07) is 2.70. The largest absolute Gasteiger partial charge is 0.487 e. The molecule has 1 aromatic heterocycles. The van der Waals surface area contributed by atoms with Crippen LogP contribution in [0.4, 0.5) is 0 Å². The molecule has 2 N–H and O–H groups in total. The van der Waals surface area contributed by atoms with Crippen LogP contribution in [0.25, 0.3) is 11.0 Å². The van der Waals surface area contributed by atoms with Crippen molar-refractivity contribution in [3.8, 4) is 5.75 Å². The summed E-state index contributed by atoms with van der Waals surface area (Å²) in [7, 11) is 0. The Balaban J connectivity index is 1.92. The molecule has 162 valence electrons. The number of carboxylic acids is 1. The van der Waals surface area contributed by atoms with E-state index in [2.05, 4.69) is 5.32 Å². The van der Waals surface area contributed by atoms with E-state index in [9.17, 15) is 19.5 Å². The second kappa shape index (κ2) is 8.13. The minimum Gasteiger partial charge on any atom is -0.487 e. The van der Waals surface area contributed by atoms with Crippen LogP contribution in [-0.2, 0) is 22.4 Å². The molecule has 0 radical (unpaired) electrons. The number of ether oxygens (including phenoxy) is 1. The summed E-state index contributed by atoms with van der Waals surface area (Å²) in [6.45, 7) is 9.45. The topological polar surface area (TPSA) is 106 Å². The molecule has 0 fully saturated rings. The zero-order valence-corrected chi connectivity index (χ0v) is 18.1. The van der Waals surface area contributed by atoms with E-state index < -0.39 is 23.5 Å². The van der Waals surface area contributed by atoms with Gasteiger partial charge in [0.2, 0.25) is 5.91 Å². The smallest absolute Gasteiger partial charge is 0.340 e. The Morgan fingerprint density at radius 2 is 2.00 bits per heavy atom. The Bertz CT molecular complexity index is 1050. The lowest BCUT2D eigenvalue weighted by molar-refractivity contribution is -0.143. The Labute approximate surface area is 175 Å². The average Bonchev–Trinajstić information content (AvgIpc) is 2.66. The molecule has 0 aliphatic carbocycles. The van der Waals surface area contributed by atoms with Crippen molar-refractivity contribution in [2.24, 2.45) is 5.92 Å².